The molecule has 1 aliphatic heterocycles. The van der Waals surface area contributed by atoms with Crippen molar-refractivity contribution < 1.29 is 4.39 Å². The van der Waals surface area contributed by atoms with Crippen LogP contribution in [0.15, 0.2) is 18.5 Å². The van der Waals surface area contributed by atoms with Gasteiger partial charge in [-0.2, -0.15) is 0 Å². The van der Waals surface area contributed by atoms with E-state index in [1.165, 1.54) is 0 Å². The van der Waals surface area contributed by atoms with Crippen molar-refractivity contribution in [3.05, 3.63) is 24.3 Å². The number of nitrogens with two attached hydrogens (primary N) is 1. The molecule has 0 spiro atoms. The molecule has 0 amide bonds. The lowest BCUT2D eigenvalue weighted by atomic mass is 10.0. The normalized spacial score (nSPS) is 22.6. The van der Waals surface area contributed by atoms with Crippen LogP contribution in [-0.4, -0.2) is 56.8 Å². The van der Waals surface area contributed by atoms with Crippen LogP contribution in [0.3, 0.4) is 0 Å². The number of halogens is 1. The van der Waals surface area contributed by atoms with E-state index >= 15 is 0 Å². The fourth-order valence-electron chi connectivity index (χ4n) is 3.84. The Morgan fingerprint density at radius 1 is 1.46 bits per heavy atom. The number of likely N-dealkylation sites (tertiary alicyclic amines) is 1. The van der Waals surface area contributed by atoms with Crippen LogP contribution in [0.5, 0.6) is 0 Å². The van der Waals surface area contributed by atoms with E-state index in [0.717, 1.165) is 47.4 Å². The van der Waals surface area contributed by atoms with Gasteiger partial charge in [-0.15, -0.1) is 0 Å². The predicted octanol–water partition coefficient (Wildman–Crippen LogP) is 2.02. The first kappa shape index (κ1) is 15.5. The molecule has 3 aromatic heterocycles. The Balaban J connectivity index is 1.88. The highest BCUT2D eigenvalue weighted by Gasteiger charge is 2.32. The number of nitrogens with one attached hydrogen (secondary N) is 1. The van der Waals surface area contributed by atoms with Gasteiger partial charge in [0, 0.05) is 31.1 Å². The van der Waals surface area contributed by atoms with Crippen molar-refractivity contribution in [2.45, 2.75) is 32.0 Å². The average Bonchev–Trinajstić information content (AvgIpc) is 3.18. The summed E-state index contributed by atoms with van der Waals surface area (Å²) in [5, 5.41) is 0.994. The second-order valence-corrected chi connectivity index (χ2v) is 6.43. The average molecular weight is 330 g/mol. The van der Waals surface area contributed by atoms with Gasteiger partial charge in [0.15, 0.2) is 0 Å². The topological polar surface area (TPSA) is 75.8 Å². The summed E-state index contributed by atoms with van der Waals surface area (Å²) in [6, 6.07) is 1.79. The first-order valence-corrected chi connectivity index (χ1v) is 8.62. The molecule has 0 radical (unpaired) electrons. The van der Waals surface area contributed by atoms with E-state index in [2.05, 4.69) is 26.4 Å². The molecule has 0 bridgehead atoms. The van der Waals surface area contributed by atoms with Crippen LogP contribution in [0.2, 0.25) is 0 Å². The maximum absolute atomic E-state index is 15.0. The van der Waals surface area contributed by atoms with Crippen molar-refractivity contribution in [2.75, 3.05) is 26.2 Å². The van der Waals surface area contributed by atoms with Gasteiger partial charge in [0.05, 0.1) is 17.8 Å². The number of fused-ring (bicyclic) bond motifs is 3. The molecule has 128 valence electrons. The number of nitrogens with zero attached hydrogens (tertiary/aromatic N) is 4. The van der Waals surface area contributed by atoms with Gasteiger partial charge < -0.3 is 20.2 Å². The zero-order valence-corrected chi connectivity index (χ0v) is 13.9. The van der Waals surface area contributed by atoms with Crippen LogP contribution >= 0.6 is 0 Å². The molecule has 2 atom stereocenters. The molecule has 3 N–H and O–H groups in total. The molecule has 0 unspecified atom stereocenters. The second kappa shape index (κ2) is 6.14. The molecule has 0 aromatic carbocycles. The quantitative estimate of drug-likeness (QED) is 0.767. The van der Waals surface area contributed by atoms with E-state index in [1.807, 2.05) is 12.3 Å². The number of rotatable bonds is 4. The minimum absolute atomic E-state index is 0.195. The minimum Gasteiger partial charge on any atom is -0.346 e. The highest BCUT2D eigenvalue weighted by molar-refractivity contribution is 6.01. The van der Waals surface area contributed by atoms with E-state index in [1.54, 1.807) is 6.20 Å². The summed E-state index contributed by atoms with van der Waals surface area (Å²) in [6.07, 6.45) is 4.14. The summed E-state index contributed by atoms with van der Waals surface area (Å²) in [7, 11) is 0. The monoisotopic (exact) mass is 330 g/mol. The largest absolute Gasteiger partial charge is 0.346 e. The molecule has 3 aromatic rings. The number of aromatic amines is 1. The Hall–Kier alpha value is -1.99. The van der Waals surface area contributed by atoms with Crippen molar-refractivity contribution >= 4 is 22.1 Å². The Kier molecular flexibility index (Phi) is 3.97. The Morgan fingerprint density at radius 3 is 3.08 bits per heavy atom. The van der Waals surface area contributed by atoms with E-state index in [-0.39, 0.29) is 6.04 Å². The number of hydrogen-bond donors (Lipinski definition) is 2. The highest BCUT2D eigenvalue weighted by Crippen LogP contribution is 2.33. The molecule has 1 aliphatic rings. The van der Waals surface area contributed by atoms with E-state index < -0.39 is 6.17 Å². The Bertz CT molecular complexity index is 853. The summed E-state index contributed by atoms with van der Waals surface area (Å²) >= 11 is 0. The SMILES string of the molecule is CCN1CC[C@@H](n2c(CCN)nc3cnc4[nH]ccc4c32)[C@@H](F)C1. The molecular weight excluding hydrogens is 307 g/mol. The molecule has 1 fully saturated rings. The zero-order chi connectivity index (χ0) is 16.7. The van der Waals surface area contributed by atoms with Crippen LogP contribution in [0.4, 0.5) is 4.39 Å². The van der Waals surface area contributed by atoms with Gasteiger partial charge in [-0.3, -0.25) is 0 Å². The number of imidazole rings is 1. The van der Waals surface area contributed by atoms with Gasteiger partial charge in [-0.05, 0) is 25.6 Å². The van der Waals surface area contributed by atoms with Gasteiger partial charge in [0.1, 0.15) is 23.2 Å². The lowest BCUT2D eigenvalue weighted by Crippen LogP contribution is -2.42. The molecule has 0 saturated carbocycles. The van der Waals surface area contributed by atoms with Crippen LogP contribution in [0.1, 0.15) is 25.2 Å². The zero-order valence-electron chi connectivity index (χ0n) is 13.9. The molecule has 24 heavy (non-hydrogen) atoms. The lowest BCUT2D eigenvalue weighted by molar-refractivity contribution is 0.0939. The lowest BCUT2D eigenvalue weighted by Gasteiger charge is -2.35. The minimum atomic E-state index is -0.908. The number of piperidine rings is 1. The van der Waals surface area contributed by atoms with Crippen LogP contribution in [0.25, 0.3) is 22.1 Å². The molecular formula is C17H23FN6. The third-order valence-electron chi connectivity index (χ3n) is 5.05. The maximum Gasteiger partial charge on any atom is 0.139 e. The van der Waals surface area contributed by atoms with Crippen LogP contribution in [0, 0.1) is 0 Å². The van der Waals surface area contributed by atoms with Crippen molar-refractivity contribution in [3.8, 4) is 0 Å². The number of hydrogen-bond acceptors (Lipinski definition) is 4. The van der Waals surface area contributed by atoms with Crippen LogP contribution in [-0.2, 0) is 6.42 Å². The number of pyridine rings is 1. The van der Waals surface area contributed by atoms with Gasteiger partial charge in [-0.25, -0.2) is 14.4 Å². The Labute approximate surface area is 139 Å². The van der Waals surface area contributed by atoms with E-state index in [4.69, 9.17) is 10.7 Å². The van der Waals surface area contributed by atoms with Crippen molar-refractivity contribution in [1.29, 1.82) is 0 Å². The van der Waals surface area contributed by atoms with E-state index in [9.17, 15) is 4.39 Å². The summed E-state index contributed by atoms with van der Waals surface area (Å²) in [5.41, 5.74) is 8.37. The van der Waals surface area contributed by atoms with Gasteiger partial charge in [0.25, 0.3) is 0 Å². The van der Waals surface area contributed by atoms with E-state index in [0.29, 0.717) is 19.5 Å². The number of H-pyrrole nitrogens is 1. The number of alkyl halides is 1. The first-order valence-electron chi connectivity index (χ1n) is 8.62. The third kappa shape index (κ3) is 2.39. The molecule has 0 aliphatic carbocycles. The van der Waals surface area contributed by atoms with Crippen molar-refractivity contribution in [2.24, 2.45) is 5.73 Å². The summed E-state index contributed by atoms with van der Waals surface area (Å²) in [6.45, 7) is 4.85. The fraction of sp³-hybridized carbons (Fsp3) is 0.529. The molecule has 4 rings (SSSR count). The third-order valence-corrected chi connectivity index (χ3v) is 5.05. The Morgan fingerprint density at radius 2 is 2.33 bits per heavy atom. The van der Waals surface area contributed by atoms with Crippen LogP contribution < -0.4 is 5.73 Å². The molecule has 6 nitrogen and oxygen atoms in total. The van der Waals surface area contributed by atoms with Gasteiger partial charge in [-0.1, -0.05) is 6.92 Å². The summed E-state index contributed by atoms with van der Waals surface area (Å²) < 4.78 is 17.1. The highest BCUT2D eigenvalue weighted by atomic mass is 19.1. The van der Waals surface area contributed by atoms with Gasteiger partial charge >= 0.3 is 0 Å². The maximum atomic E-state index is 15.0. The second-order valence-electron chi connectivity index (χ2n) is 6.43. The fourth-order valence-corrected chi connectivity index (χ4v) is 3.84. The molecule has 4 heterocycles. The number of aromatic nitrogens is 4. The molecule has 1 saturated heterocycles. The standard InChI is InChI=1S/C17H23FN6/c1-2-23-8-5-14(12(18)10-23)24-15(3-6-19)22-13-9-21-17-11(16(13)24)4-7-20-17/h4,7,9,12,14H,2-3,5-6,8,10,19H2,1H3,(H,20,21)/t12-,14+/m0/s1. The summed E-state index contributed by atoms with van der Waals surface area (Å²) in [5.74, 6) is 0.862. The predicted molar refractivity (Wildman–Crippen MR) is 92.8 cm³/mol. The summed E-state index contributed by atoms with van der Waals surface area (Å²) in [4.78, 5) is 14.4. The van der Waals surface area contributed by atoms with Crippen molar-refractivity contribution in [1.82, 2.24) is 24.4 Å². The molecule has 7 heteroatoms. The van der Waals surface area contributed by atoms with Crippen molar-refractivity contribution in [3.63, 3.8) is 0 Å². The van der Waals surface area contributed by atoms with Gasteiger partial charge in [0.2, 0.25) is 0 Å². The smallest absolute Gasteiger partial charge is 0.139 e. The first-order chi connectivity index (χ1) is 11.7.